The molecule has 1 amide bonds. The molecular formula is C17H16Cl2N2O2. The Morgan fingerprint density at radius 3 is 2.57 bits per heavy atom. The Balaban J connectivity index is 1.54. The van der Waals surface area contributed by atoms with Gasteiger partial charge in [0.25, 0.3) is 5.91 Å². The first kappa shape index (κ1) is 16.1. The van der Waals surface area contributed by atoms with Crippen molar-refractivity contribution < 1.29 is 9.53 Å². The van der Waals surface area contributed by atoms with Gasteiger partial charge in [-0.05, 0) is 42.0 Å². The van der Waals surface area contributed by atoms with Gasteiger partial charge in [0, 0.05) is 34.4 Å². The van der Waals surface area contributed by atoms with E-state index in [0.717, 1.165) is 24.4 Å². The fourth-order valence-corrected chi connectivity index (χ4v) is 2.57. The predicted octanol–water partition coefficient (Wildman–Crippen LogP) is 3.73. The number of hydrogen-bond acceptors (Lipinski definition) is 3. The molecule has 0 aromatic heterocycles. The number of ether oxygens (including phenoxy) is 1. The summed E-state index contributed by atoms with van der Waals surface area (Å²) in [7, 11) is 0. The van der Waals surface area contributed by atoms with Crippen molar-refractivity contribution in [3.05, 3.63) is 63.6 Å². The number of anilines is 1. The van der Waals surface area contributed by atoms with Gasteiger partial charge in [-0.1, -0.05) is 29.3 Å². The molecule has 1 unspecified atom stereocenters. The number of epoxide rings is 1. The van der Waals surface area contributed by atoms with Gasteiger partial charge < -0.3 is 15.4 Å². The molecule has 4 nitrogen and oxygen atoms in total. The molecule has 1 heterocycles. The number of carbonyl (C=O) groups is 1. The smallest absolute Gasteiger partial charge is 0.251 e. The van der Waals surface area contributed by atoms with Gasteiger partial charge in [0.1, 0.15) is 0 Å². The number of halogens is 2. The monoisotopic (exact) mass is 350 g/mol. The largest absolute Gasteiger partial charge is 0.382 e. The molecule has 2 aromatic rings. The van der Waals surface area contributed by atoms with Gasteiger partial charge in [0.15, 0.2) is 0 Å². The summed E-state index contributed by atoms with van der Waals surface area (Å²) in [6.45, 7) is 1.97. The van der Waals surface area contributed by atoms with Crippen LogP contribution in [0.15, 0.2) is 42.5 Å². The third-order valence-electron chi connectivity index (χ3n) is 3.54. The summed E-state index contributed by atoms with van der Waals surface area (Å²) in [5, 5.41) is 7.22. The first-order valence-corrected chi connectivity index (χ1v) is 8.05. The van der Waals surface area contributed by atoms with Gasteiger partial charge in [-0.3, -0.25) is 4.79 Å². The molecule has 2 aromatic carbocycles. The highest BCUT2D eigenvalue weighted by Crippen LogP contribution is 2.21. The molecule has 1 fully saturated rings. The highest BCUT2D eigenvalue weighted by molar-refractivity contribution is 6.35. The topological polar surface area (TPSA) is 53.7 Å². The molecule has 2 N–H and O–H groups in total. The van der Waals surface area contributed by atoms with Gasteiger partial charge in [-0.25, -0.2) is 0 Å². The summed E-state index contributed by atoms with van der Waals surface area (Å²) in [6, 6.07) is 12.6. The molecule has 23 heavy (non-hydrogen) atoms. The van der Waals surface area contributed by atoms with Crippen LogP contribution in [-0.2, 0) is 11.3 Å². The number of nitrogens with one attached hydrogen (secondary N) is 2. The SMILES string of the molecule is O=C(NCc1ccc(Cl)cc1Cl)c1ccc(NCC2CO2)cc1. The molecule has 0 saturated carbocycles. The Morgan fingerprint density at radius 1 is 1.17 bits per heavy atom. The molecule has 0 radical (unpaired) electrons. The predicted molar refractivity (Wildman–Crippen MR) is 92.3 cm³/mol. The summed E-state index contributed by atoms with van der Waals surface area (Å²) < 4.78 is 5.14. The number of hydrogen-bond donors (Lipinski definition) is 2. The van der Waals surface area contributed by atoms with E-state index < -0.39 is 0 Å². The second-order valence-corrected chi connectivity index (χ2v) is 6.18. The van der Waals surface area contributed by atoms with E-state index >= 15 is 0 Å². The Morgan fingerprint density at radius 2 is 1.91 bits per heavy atom. The van der Waals surface area contributed by atoms with Crippen molar-refractivity contribution >= 4 is 34.8 Å². The minimum Gasteiger partial charge on any atom is -0.382 e. The highest BCUT2D eigenvalue weighted by Gasteiger charge is 2.21. The van der Waals surface area contributed by atoms with Crippen molar-refractivity contribution in [1.29, 1.82) is 0 Å². The van der Waals surface area contributed by atoms with E-state index in [9.17, 15) is 4.79 Å². The molecule has 1 aliphatic rings. The van der Waals surface area contributed by atoms with Gasteiger partial charge in [-0.15, -0.1) is 0 Å². The van der Waals surface area contributed by atoms with Crippen molar-refractivity contribution in [2.75, 3.05) is 18.5 Å². The van der Waals surface area contributed by atoms with E-state index in [1.807, 2.05) is 12.1 Å². The van der Waals surface area contributed by atoms with Crippen LogP contribution >= 0.6 is 23.2 Å². The lowest BCUT2D eigenvalue weighted by molar-refractivity contribution is 0.0951. The molecule has 0 spiro atoms. The number of amides is 1. The summed E-state index contributed by atoms with van der Waals surface area (Å²) in [6.07, 6.45) is 0.321. The molecule has 0 bridgehead atoms. The number of carbonyl (C=O) groups excluding carboxylic acids is 1. The third kappa shape index (κ3) is 4.61. The normalized spacial score (nSPS) is 16.0. The fourth-order valence-electron chi connectivity index (χ4n) is 2.10. The van der Waals surface area contributed by atoms with E-state index in [4.69, 9.17) is 27.9 Å². The lowest BCUT2D eigenvalue weighted by atomic mass is 10.1. The van der Waals surface area contributed by atoms with Crippen LogP contribution in [0.2, 0.25) is 10.0 Å². The maximum Gasteiger partial charge on any atom is 0.251 e. The van der Waals surface area contributed by atoms with Crippen molar-refractivity contribution in [2.24, 2.45) is 0 Å². The Labute approximate surface area is 144 Å². The minimum atomic E-state index is -0.145. The van der Waals surface area contributed by atoms with Crippen LogP contribution in [0.1, 0.15) is 15.9 Å². The average Bonchev–Trinajstić information content (AvgIpc) is 3.37. The Bertz CT molecular complexity index is 700. The molecule has 6 heteroatoms. The first-order chi connectivity index (χ1) is 11.1. The standard InChI is InChI=1S/C17H16Cl2N2O2/c18-13-4-1-12(16(19)7-13)8-21-17(22)11-2-5-14(6-3-11)20-9-15-10-23-15/h1-7,15,20H,8-10H2,(H,21,22). The van der Waals surface area contributed by atoms with Crippen molar-refractivity contribution in [2.45, 2.75) is 12.6 Å². The molecule has 1 atom stereocenters. The molecule has 0 aliphatic carbocycles. The van der Waals surface area contributed by atoms with Gasteiger partial charge >= 0.3 is 0 Å². The summed E-state index contributed by atoms with van der Waals surface area (Å²) in [5.41, 5.74) is 2.40. The Kier molecular flexibility index (Phi) is 5.06. The second kappa shape index (κ2) is 7.21. The minimum absolute atomic E-state index is 0.145. The maximum absolute atomic E-state index is 12.2. The molecule has 120 valence electrons. The fraction of sp³-hybridized carbons (Fsp3) is 0.235. The summed E-state index contributed by atoms with van der Waals surface area (Å²) in [4.78, 5) is 12.2. The van der Waals surface area contributed by atoms with E-state index in [-0.39, 0.29) is 5.91 Å². The van der Waals surface area contributed by atoms with E-state index in [0.29, 0.717) is 28.3 Å². The van der Waals surface area contributed by atoms with Crippen LogP contribution in [0.5, 0.6) is 0 Å². The van der Waals surface area contributed by atoms with Crippen LogP contribution in [0.3, 0.4) is 0 Å². The van der Waals surface area contributed by atoms with Crippen molar-refractivity contribution in [3.8, 4) is 0 Å². The van der Waals surface area contributed by atoms with Crippen molar-refractivity contribution in [1.82, 2.24) is 5.32 Å². The summed E-state index contributed by atoms with van der Waals surface area (Å²) >= 11 is 11.9. The van der Waals surface area contributed by atoms with Crippen LogP contribution in [0, 0.1) is 0 Å². The average molecular weight is 351 g/mol. The van der Waals surface area contributed by atoms with E-state index in [1.54, 1.807) is 30.3 Å². The van der Waals surface area contributed by atoms with Gasteiger partial charge in [0.05, 0.1) is 12.7 Å². The Hall–Kier alpha value is -1.75. The van der Waals surface area contributed by atoms with Crippen LogP contribution < -0.4 is 10.6 Å². The zero-order chi connectivity index (χ0) is 16.2. The first-order valence-electron chi connectivity index (χ1n) is 7.29. The molecule has 3 rings (SSSR count). The number of rotatable bonds is 6. The second-order valence-electron chi connectivity index (χ2n) is 5.33. The lowest BCUT2D eigenvalue weighted by Gasteiger charge is -2.09. The molecular weight excluding hydrogens is 335 g/mol. The number of benzene rings is 2. The summed E-state index contributed by atoms with van der Waals surface area (Å²) in [5.74, 6) is -0.145. The molecule has 1 saturated heterocycles. The van der Waals surface area contributed by atoms with Crippen LogP contribution in [0.25, 0.3) is 0 Å². The zero-order valence-electron chi connectivity index (χ0n) is 12.3. The maximum atomic E-state index is 12.2. The zero-order valence-corrected chi connectivity index (χ0v) is 13.8. The van der Waals surface area contributed by atoms with E-state index in [2.05, 4.69) is 10.6 Å². The van der Waals surface area contributed by atoms with Gasteiger partial charge in [-0.2, -0.15) is 0 Å². The quantitative estimate of drug-likeness (QED) is 0.780. The van der Waals surface area contributed by atoms with Crippen molar-refractivity contribution in [3.63, 3.8) is 0 Å². The third-order valence-corrected chi connectivity index (χ3v) is 4.12. The van der Waals surface area contributed by atoms with Crippen LogP contribution in [0.4, 0.5) is 5.69 Å². The van der Waals surface area contributed by atoms with Gasteiger partial charge in [0.2, 0.25) is 0 Å². The lowest BCUT2D eigenvalue weighted by Crippen LogP contribution is -2.22. The van der Waals surface area contributed by atoms with Crippen LogP contribution in [-0.4, -0.2) is 25.2 Å². The van der Waals surface area contributed by atoms with E-state index in [1.165, 1.54) is 0 Å². The highest BCUT2D eigenvalue weighted by atomic mass is 35.5. The molecule has 1 aliphatic heterocycles.